The minimum absolute atomic E-state index is 0.518. The number of nitrogens with zero attached hydrogens (tertiary/aromatic N) is 1. The molecule has 0 spiro atoms. The van der Waals surface area contributed by atoms with Gasteiger partial charge in [0.1, 0.15) is 0 Å². The minimum Gasteiger partial charge on any atom is -0.314 e. The molecule has 0 aromatic carbocycles. The van der Waals surface area contributed by atoms with Gasteiger partial charge in [0, 0.05) is 43.6 Å². The van der Waals surface area contributed by atoms with Crippen molar-refractivity contribution in [3.8, 4) is 0 Å². The number of hydrogen-bond acceptors (Lipinski definition) is 4. The second-order valence-electron chi connectivity index (χ2n) is 4.69. The van der Waals surface area contributed by atoms with E-state index in [9.17, 15) is 0 Å². The molecule has 1 unspecified atom stereocenters. The quantitative estimate of drug-likeness (QED) is 0.835. The fourth-order valence-electron chi connectivity index (χ4n) is 2.39. The molecule has 0 saturated carbocycles. The maximum atomic E-state index is 3.45. The summed E-state index contributed by atoms with van der Waals surface area (Å²) in [6.45, 7) is 8.08. The molecule has 4 heteroatoms. The van der Waals surface area contributed by atoms with Crippen LogP contribution in [-0.2, 0) is 0 Å². The van der Waals surface area contributed by atoms with Gasteiger partial charge < -0.3 is 15.5 Å². The van der Waals surface area contributed by atoms with Gasteiger partial charge in [0.15, 0.2) is 0 Å². The van der Waals surface area contributed by atoms with Crippen LogP contribution in [0.15, 0.2) is 11.4 Å². The van der Waals surface area contributed by atoms with Gasteiger partial charge in [0.2, 0.25) is 0 Å². The average molecular weight is 253 g/mol. The summed E-state index contributed by atoms with van der Waals surface area (Å²) in [5.41, 5.74) is 1.43. The van der Waals surface area contributed by atoms with Gasteiger partial charge in [-0.25, -0.2) is 0 Å². The lowest BCUT2D eigenvalue weighted by Gasteiger charge is -2.28. The maximum absolute atomic E-state index is 3.45. The van der Waals surface area contributed by atoms with Crippen LogP contribution in [-0.4, -0.2) is 44.7 Å². The normalized spacial score (nSPS) is 19.4. The molecule has 1 aromatic rings. The van der Waals surface area contributed by atoms with Gasteiger partial charge in [-0.3, -0.25) is 0 Å². The van der Waals surface area contributed by atoms with E-state index in [2.05, 4.69) is 41.0 Å². The summed E-state index contributed by atoms with van der Waals surface area (Å²) < 4.78 is 0. The fraction of sp³-hybridized carbons (Fsp3) is 0.692. The highest BCUT2D eigenvalue weighted by molar-refractivity contribution is 7.10. The maximum Gasteiger partial charge on any atom is 0.0427 e. The van der Waals surface area contributed by atoms with Gasteiger partial charge in [-0.1, -0.05) is 0 Å². The molecule has 2 heterocycles. The van der Waals surface area contributed by atoms with Gasteiger partial charge in [0.25, 0.3) is 0 Å². The standard InChI is InChI=1S/C13H23N3S/c1-11-4-10-17-13(11)12(14-2)3-7-16-8-5-15-6-9-16/h4,10,12,14-15H,3,5-9H2,1-2H3. The Morgan fingerprint density at radius 1 is 1.47 bits per heavy atom. The van der Waals surface area contributed by atoms with Gasteiger partial charge in [-0.15, -0.1) is 11.3 Å². The lowest BCUT2D eigenvalue weighted by atomic mass is 10.1. The Bertz CT molecular complexity index is 331. The van der Waals surface area contributed by atoms with Crippen LogP contribution in [0.5, 0.6) is 0 Å². The van der Waals surface area contributed by atoms with Crippen LogP contribution in [0.3, 0.4) is 0 Å². The van der Waals surface area contributed by atoms with Gasteiger partial charge in [-0.2, -0.15) is 0 Å². The van der Waals surface area contributed by atoms with Crippen molar-refractivity contribution in [2.24, 2.45) is 0 Å². The number of piperazine rings is 1. The van der Waals surface area contributed by atoms with E-state index >= 15 is 0 Å². The van der Waals surface area contributed by atoms with Crippen molar-refractivity contribution in [2.45, 2.75) is 19.4 Å². The van der Waals surface area contributed by atoms with Gasteiger partial charge >= 0.3 is 0 Å². The third kappa shape index (κ3) is 3.52. The molecule has 0 radical (unpaired) electrons. The van der Waals surface area contributed by atoms with Crippen LogP contribution < -0.4 is 10.6 Å². The lowest BCUT2D eigenvalue weighted by Crippen LogP contribution is -2.44. The molecular weight excluding hydrogens is 230 g/mol. The molecule has 0 aliphatic carbocycles. The summed E-state index contributed by atoms with van der Waals surface area (Å²) in [7, 11) is 2.07. The third-order valence-corrected chi connectivity index (χ3v) is 4.64. The van der Waals surface area contributed by atoms with E-state index in [4.69, 9.17) is 0 Å². The summed E-state index contributed by atoms with van der Waals surface area (Å²) >= 11 is 1.88. The zero-order valence-electron chi connectivity index (χ0n) is 10.8. The van der Waals surface area contributed by atoms with Crippen molar-refractivity contribution in [1.82, 2.24) is 15.5 Å². The van der Waals surface area contributed by atoms with E-state index in [1.807, 2.05) is 11.3 Å². The van der Waals surface area contributed by atoms with Crippen LogP contribution in [0.4, 0.5) is 0 Å². The number of rotatable bonds is 5. The predicted molar refractivity (Wildman–Crippen MR) is 74.8 cm³/mol. The zero-order chi connectivity index (χ0) is 12.1. The monoisotopic (exact) mass is 253 g/mol. The first-order chi connectivity index (χ1) is 8.31. The van der Waals surface area contributed by atoms with Crippen molar-refractivity contribution < 1.29 is 0 Å². The number of thiophene rings is 1. The highest BCUT2D eigenvalue weighted by Crippen LogP contribution is 2.26. The van der Waals surface area contributed by atoms with Gasteiger partial charge in [0.05, 0.1) is 0 Å². The Kier molecular flexibility index (Phi) is 4.98. The summed E-state index contributed by atoms with van der Waals surface area (Å²) in [6.07, 6.45) is 1.21. The van der Waals surface area contributed by atoms with Crippen LogP contribution in [0.25, 0.3) is 0 Å². The zero-order valence-corrected chi connectivity index (χ0v) is 11.6. The number of nitrogens with one attached hydrogen (secondary N) is 2. The molecule has 96 valence electrons. The van der Waals surface area contributed by atoms with Crippen LogP contribution >= 0.6 is 11.3 Å². The first-order valence-corrected chi connectivity index (χ1v) is 7.33. The molecular formula is C13H23N3S. The topological polar surface area (TPSA) is 27.3 Å². The smallest absolute Gasteiger partial charge is 0.0427 e. The molecule has 1 aliphatic heterocycles. The molecule has 1 fully saturated rings. The molecule has 2 N–H and O–H groups in total. The summed E-state index contributed by atoms with van der Waals surface area (Å²) in [4.78, 5) is 4.06. The number of aryl methyl sites for hydroxylation is 1. The highest BCUT2D eigenvalue weighted by Gasteiger charge is 2.16. The largest absolute Gasteiger partial charge is 0.314 e. The van der Waals surface area contributed by atoms with Crippen molar-refractivity contribution in [3.05, 3.63) is 21.9 Å². The molecule has 1 aromatic heterocycles. The van der Waals surface area contributed by atoms with Crippen LogP contribution in [0.1, 0.15) is 22.9 Å². The molecule has 3 nitrogen and oxygen atoms in total. The van der Waals surface area contributed by atoms with E-state index in [0.717, 1.165) is 13.1 Å². The van der Waals surface area contributed by atoms with Crippen molar-refractivity contribution in [2.75, 3.05) is 39.8 Å². The van der Waals surface area contributed by atoms with E-state index < -0.39 is 0 Å². The summed E-state index contributed by atoms with van der Waals surface area (Å²) in [5.74, 6) is 0. The average Bonchev–Trinajstić information content (AvgIpc) is 2.78. The van der Waals surface area contributed by atoms with Crippen molar-refractivity contribution in [3.63, 3.8) is 0 Å². The molecule has 2 rings (SSSR count). The van der Waals surface area contributed by atoms with E-state index in [1.54, 1.807) is 0 Å². The Morgan fingerprint density at radius 2 is 2.24 bits per heavy atom. The minimum atomic E-state index is 0.518. The first-order valence-electron chi connectivity index (χ1n) is 6.45. The Balaban J connectivity index is 1.85. The molecule has 0 amide bonds. The molecule has 1 atom stereocenters. The SMILES string of the molecule is CNC(CCN1CCNCC1)c1sccc1C. The van der Waals surface area contributed by atoms with E-state index in [1.165, 1.54) is 36.5 Å². The highest BCUT2D eigenvalue weighted by atomic mass is 32.1. The number of hydrogen-bond donors (Lipinski definition) is 2. The van der Waals surface area contributed by atoms with Gasteiger partial charge in [-0.05, 0) is 37.4 Å². The van der Waals surface area contributed by atoms with Crippen LogP contribution in [0.2, 0.25) is 0 Å². The van der Waals surface area contributed by atoms with E-state index in [0.29, 0.717) is 6.04 Å². The summed E-state index contributed by atoms with van der Waals surface area (Å²) in [5, 5.41) is 9.05. The van der Waals surface area contributed by atoms with Crippen molar-refractivity contribution in [1.29, 1.82) is 0 Å². The van der Waals surface area contributed by atoms with E-state index in [-0.39, 0.29) is 0 Å². The second kappa shape index (κ2) is 6.50. The lowest BCUT2D eigenvalue weighted by molar-refractivity contribution is 0.230. The molecule has 17 heavy (non-hydrogen) atoms. The predicted octanol–water partition coefficient (Wildman–Crippen LogP) is 1.61. The first kappa shape index (κ1) is 13.0. The second-order valence-corrected chi connectivity index (χ2v) is 5.64. The molecule has 0 bridgehead atoms. The van der Waals surface area contributed by atoms with Crippen molar-refractivity contribution >= 4 is 11.3 Å². The molecule has 1 aliphatic rings. The molecule has 1 saturated heterocycles. The summed E-state index contributed by atoms with van der Waals surface area (Å²) in [6, 6.07) is 2.74. The fourth-order valence-corrected chi connectivity index (χ4v) is 3.47. The van der Waals surface area contributed by atoms with Crippen LogP contribution in [0, 0.1) is 6.92 Å². The Labute approximate surface area is 108 Å². The third-order valence-electron chi connectivity index (χ3n) is 3.51. The Hall–Kier alpha value is -0.420. The Morgan fingerprint density at radius 3 is 2.82 bits per heavy atom.